The third kappa shape index (κ3) is 2.40. The lowest BCUT2D eigenvalue weighted by Gasteiger charge is -2.15. The molecule has 0 aromatic rings. The molecular formula is C9H18P2. The molecule has 64 valence electrons. The maximum Gasteiger partial charge on any atom is -0.0120 e. The predicted octanol–water partition coefficient (Wildman–Crippen LogP) is 3.50. The van der Waals surface area contributed by atoms with Gasteiger partial charge in [0.15, 0.2) is 0 Å². The van der Waals surface area contributed by atoms with Crippen molar-refractivity contribution in [3.63, 3.8) is 0 Å². The molecule has 0 aromatic heterocycles. The van der Waals surface area contributed by atoms with Crippen LogP contribution in [0.15, 0.2) is 0 Å². The van der Waals surface area contributed by atoms with Gasteiger partial charge in [0.05, 0.1) is 0 Å². The van der Waals surface area contributed by atoms with Gasteiger partial charge >= 0.3 is 0 Å². The summed E-state index contributed by atoms with van der Waals surface area (Å²) < 4.78 is 0. The van der Waals surface area contributed by atoms with Crippen molar-refractivity contribution in [3.05, 3.63) is 0 Å². The van der Waals surface area contributed by atoms with Gasteiger partial charge in [0.2, 0.25) is 0 Å². The third-order valence-corrected chi connectivity index (χ3v) is 9.79. The van der Waals surface area contributed by atoms with Crippen molar-refractivity contribution in [2.45, 2.75) is 25.7 Å². The maximum atomic E-state index is 1.71. The zero-order valence-electron chi connectivity index (χ0n) is 7.26. The van der Waals surface area contributed by atoms with Gasteiger partial charge in [-0.2, -0.15) is 0 Å². The quantitative estimate of drug-likeness (QED) is 0.582. The van der Waals surface area contributed by atoms with E-state index in [-0.39, 0.29) is 0 Å². The van der Waals surface area contributed by atoms with E-state index in [4.69, 9.17) is 0 Å². The van der Waals surface area contributed by atoms with E-state index < -0.39 is 0 Å². The first kappa shape index (κ1) is 8.46. The molecule has 0 amide bonds. The van der Waals surface area contributed by atoms with Crippen LogP contribution >= 0.6 is 15.8 Å². The van der Waals surface area contributed by atoms with Crippen molar-refractivity contribution in [1.29, 1.82) is 0 Å². The molecule has 0 N–H and O–H groups in total. The summed E-state index contributed by atoms with van der Waals surface area (Å²) in [6, 6.07) is 0. The fourth-order valence-corrected chi connectivity index (χ4v) is 9.79. The molecule has 2 rings (SSSR count). The van der Waals surface area contributed by atoms with Gasteiger partial charge in [0.1, 0.15) is 0 Å². The van der Waals surface area contributed by atoms with Crippen molar-refractivity contribution < 1.29 is 0 Å². The molecule has 0 spiro atoms. The van der Waals surface area contributed by atoms with E-state index in [1.165, 1.54) is 0 Å². The second kappa shape index (κ2) is 4.20. The lowest BCUT2D eigenvalue weighted by atomic mass is 10.4. The Morgan fingerprint density at radius 2 is 1.00 bits per heavy atom. The van der Waals surface area contributed by atoms with Crippen LogP contribution in [-0.2, 0) is 0 Å². The minimum atomic E-state index is 0.573. The minimum Gasteiger partial charge on any atom is -0.102 e. The molecule has 0 bridgehead atoms. The SMILES string of the molecule is C1CCP(CP2CCCC2)C1. The Kier molecular flexibility index (Phi) is 3.23. The molecule has 11 heavy (non-hydrogen) atoms. The predicted molar refractivity (Wildman–Crippen MR) is 56.6 cm³/mol. The van der Waals surface area contributed by atoms with Gasteiger partial charge in [-0.05, 0) is 56.2 Å². The van der Waals surface area contributed by atoms with E-state index in [1.807, 2.05) is 0 Å². The van der Waals surface area contributed by atoms with E-state index in [2.05, 4.69) is 0 Å². The van der Waals surface area contributed by atoms with Crippen molar-refractivity contribution in [2.24, 2.45) is 0 Å². The highest BCUT2D eigenvalue weighted by Gasteiger charge is 2.21. The van der Waals surface area contributed by atoms with Crippen LogP contribution in [0.5, 0.6) is 0 Å². The molecule has 0 atom stereocenters. The van der Waals surface area contributed by atoms with E-state index in [9.17, 15) is 0 Å². The second-order valence-electron chi connectivity index (χ2n) is 3.79. The lowest BCUT2D eigenvalue weighted by Crippen LogP contribution is -1.86. The Hall–Kier alpha value is 0.860. The minimum absolute atomic E-state index is 0.573. The van der Waals surface area contributed by atoms with Crippen molar-refractivity contribution >= 4 is 15.8 Å². The Balaban J connectivity index is 1.71. The molecule has 0 saturated carbocycles. The van der Waals surface area contributed by atoms with E-state index in [0.29, 0.717) is 15.8 Å². The summed E-state index contributed by atoms with van der Waals surface area (Å²) in [5, 5.41) is 0. The molecule has 2 saturated heterocycles. The van der Waals surface area contributed by atoms with Gasteiger partial charge in [0, 0.05) is 0 Å². The van der Waals surface area contributed by atoms with Crippen LogP contribution in [-0.4, -0.2) is 30.6 Å². The van der Waals surface area contributed by atoms with E-state index in [0.717, 1.165) is 0 Å². The molecule has 0 aliphatic carbocycles. The molecule has 0 aromatic carbocycles. The molecule has 2 aliphatic rings. The Morgan fingerprint density at radius 3 is 1.36 bits per heavy atom. The van der Waals surface area contributed by atoms with E-state index in [1.54, 1.807) is 56.2 Å². The molecule has 2 aliphatic heterocycles. The van der Waals surface area contributed by atoms with Crippen molar-refractivity contribution in [3.8, 4) is 0 Å². The molecule has 0 unspecified atom stereocenters. The average Bonchev–Trinajstić information content (AvgIpc) is 2.60. The zero-order chi connectivity index (χ0) is 7.52. The molecule has 0 nitrogen and oxygen atoms in total. The molecule has 2 heteroatoms. The summed E-state index contributed by atoms with van der Waals surface area (Å²) in [7, 11) is 1.15. The monoisotopic (exact) mass is 188 g/mol. The average molecular weight is 188 g/mol. The van der Waals surface area contributed by atoms with Gasteiger partial charge < -0.3 is 0 Å². The van der Waals surface area contributed by atoms with Gasteiger partial charge in [-0.15, -0.1) is 15.8 Å². The first-order valence-electron chi connectivity index (χ1n) is 4.90. The summed E-state index contributed by atoms with van der Waals surface area (Å²) in [6.07, 6.45) is 12.8. The fraction of sp³-hybridized carbons (Fsp3) is 1.00. The van der Waals surface area contributed by atoms with Crippen LogP contribution in [0.4, 0.5) is 0 Å². The topological polar surface area (TPSA) is 0 Å². The Morgan fingerprint density at radius 1 is 0.636 bits per heavy atom. The van der Waals surface area contributed by atoms with Gasteiger partial charge in [-0.3, -0.25) is 0 Å². The number of hydrogen-bond donors (Lipinski definition) is 0. The van der Waals surface area contributed by atoms with Gasteiger partial charge in [0.25, 0.3) is 0 Å². The summed E-state index contributed by atoms with van der Waals surface area (Å²) in [4.78, 5) is 0. The normalized spacial score (nSPS) is 28.4. The lowest BCUT2D eigenvalue weighted by molar-refractivity contribution is 0.949. The third-order valence-electron chi connectivity index (χ3n) is 2.80. The molecule has 2 fully saturated rings. The van der Waals surface area contributed by atoms with Crippen molar-refractivity contribution in [1.82, 2.24) is 0 Å². The fourth-order valence-electron chi connectivity index (χ4n) is 2.13. The van der Waals surface area contributed by atoms with Crippen LogP contribution in [0.2, 0.25) is 0 Å². The largest absolute Gasteiger partial charge is 0.102 e. The van der Waals surface area contributed by atoms with Gasteiger partial charge in [-0.1, -0.05) is 0 Å². The van der Waals surface area contributed by atoms with Crippen molar-refractivity contribution in [2.75, 3.05) is 30.6 Å². The summed E-state index contributed by atoms with van der Waals surface area (Å²) in [5.74, 6) is 1.71. The first-order valence-corrected chi connectivity index (χ1v) is 8.69. The van der Waals surface area contributed by atoms with Crippen LogP contribution in [0.25, 0.3) is 0 Å². The molecule has 0 radical (unpaired) electrons. The summed E-state index contributed by atoms with van der Waals surface area (Å²) in [6.45, 7) is 0. The van der Waals surface area contributed by atoms with Crippen LogP contribution < -0.4 is 0 Å². The number of rotatable bonds is 2. The Labute approximate surface area is 72.6 Å². The highest BCUT2D eigenvalue weighted by molar-refractivity contribution is 7.74. The molecular weight excluding hydrogens is 170 g/mol. The summed E-state index contributed by atoms with van der Waals surface area (Å²) >= 11 is 0. The standard InChI is InChI=1S/C9H18P2/c1-2-6-10(5-1)9-11-7-3-4-8-11/h1-9H2. The second-order valence-corrected chi connectivity index (χ2v) is 9.40. The summed E-state index contributed by atoms with van der Waals surface area (Å²) in [5.41, 5.74) is 0. The first-order chi connectivity index (χ1) is 5.45. The van der Waals surface area contributed by atoms with Crippen LogP contribution in [0.3, 0.4) is 0 Å². The van der Waals surface area contributed by atoms with E-state index >= 15 is 0 Å². The smallest absolute Gasteiger partial charge is 0.0120 e. The van der Waals surface area contributed by atoms with Crippen LogP contribution in [0.1, 0.15) is 25.7 Å². The zero-order valence-corrected chi connectivity index (χ0v) is 9.05. The maximum absolute atomic E-state index is 1.71. The Bertz CT molecular complexity index is 98.7. The van der Waals surface area contributed by atoms with Crippen LogP contribution in [0, 0.1) is 0 Å². The molecule has 2 heterocycles. The van der Waals surface area contributed by atoms with Gasteiger partial charge in [-0.25, -0.2) is 0 Å². The highest BCUT2D eigenvalue weighted by Crippen LogP contribution is 2.56. The highest BCUT2D eigenvalue weighted by atomic mass is 31.2. The number of hydrogen-bond acceptors (Lipinski definition) is 0.